The molecule has 0 heterocycles. The summed E-state index contributed by atoms with van der Waals surface area (Å²) < 4.78 is 6.50. The number of esters is 1. The lowest BCUT2D eigenvalue weighted by Gasteiger charge is -2.20. The lowest BCUT2D eigenvalue weighted by Crippen LogP contribution is -2.27. The van der Waals surface area contributed by atoms with Crippen molar-refractivity contribution in [2.45, 2.75) is 39.8 Å². The molecule has 0 aromatic heterocycles. The molecule has 0 saturated carbocycles. The third kappa shape index (κ3) is 8.61. The van der Waals surface area contributed by atoms with Crippen LogP contribution in [0.3, 0.4) is 0 Å². The van der Waals surface area contributed by atoms with E-state index in [0.29, 0.717) is 26.0 Å². The first-order valence-electron chi connectivity index (χ1n) is 10.6. The lowest BCUT2D eigenvalue weighted by atomic mass is 10.1. The van der Waals surface area contributed by atoms with E-state index >= 15 is 0 Å². The normalized spacial score (nSPS) is 10.3. The number of rotatable bonds is 11. The van der Waals surface area contributed by atoms with Gasteiger partial charge in [0.15, 0.2) is 0 Å². The van der Waals surface area contributed by atoms with E-state index in [2.05, 4.69) is 5.32 Å². The predicted molar refractivity (Wildman–Crippen MR) is 127 cm³/mol. The highest BCUT2D eigenvalue weighted by atomic mass is 32.2. The number of hydrogen-bond acceptors (Lipinski definition) is 6. The van der Waals surface area contributed by atoms with Gasteiger partial charge in [-0.15, -0.1) is 0 Å². The Morgan fingerprint density at radius 1 is 1.06 bits per heavy atom. The summed E-state index contributed by atoms with van der Waals surface area (Å²) >= 11 is 0.903. The summed E-state index contributed by atoms with van der Waals surface area (Å²) in [6, 6.07) is 14.1. The van der Waals surface area contributed by atoms with Gasteiger partial charge in [-0.25, -0.2) is 0 Å². The van der Waals surface area contributed by atoms with Crippen LogP contribution in [0.15, 0.2) is 48.5 Å². The molecule has 2 aromatic carbocycles. The molecule has 8 nitrogen and oxygen atoms in total. The number of carbonyl (C=O) groups excluding carboxylic acids is 4. The van der Waals surface area contributed by atoms with Crippen molar-refractivity contribution in [2.24, 2.45) is 0 Å². The number of ether oxygens (including phenoxy) is 1. The number of benzene rings is 2. The molecular weight excluding hydrogens is 442 g/mol. The maximum atomic E-state index is 12.5. The molecule has 9 heteroatoms. The van der Waals surface area contributed by atoms with Crippen molar-refractivity contribution in [3.8, 4) is 5.75 Å². The van der Waals surface area contributed by atoms with Crippen LogP contribution in [0.2, 0.25) is 0 Å². The molecule has 1 N–H and O–H groups in total. The van der Waals surface area contributed by atoms with E-state index in [1.165, 1.54) is 11.2 Å². The van der Waals surface area contributed by atoms with Crippen molar-refractivity contribution in [3.05, 3.63) is 65.2 Å². The Balaban J connectivity index is 1.89. The smallest absolute Gasteiger partial charge is 0.308 e. The first-order valence-corrected chi connectivity index (χ1v) is 11.4. The van der Waals surface area contributed by atoms with Gasteiger partial charge in [-0.1, -0.05) is 49.7 Å². The minimum absolute atomic E-state index is 0.207. The molecule has 2 aromatic rings. The van der Waals surface area contributed by atoms with Crippen molar-refractivity contribution in [1.82, 2.24) is 14.5 Å². The summed E-state index contributed by atoms with van der Waals surface area (Å²) in [6.45, 7) is 4.54. The molecule has 33 heavy (non-hydrogen) atoms. The molecule has 0 saturated heterocycles. The molecule has 0 aliphatic rings. The maximum Gasteiger partial charge on any atom is 0.308 e. The third-order valence-corrected chi connectivity index (χ3v) is 5.61. The first-order chi connectivity index (χ1) is 15.8. The van der Waals surface area contributed by atoms with Crippen LogP contribution >= 0.6 is 11.9 Å². The van der Waals surface area contributed by atoms with Gasteiger partial charge in [0.1, 0.15) is 5.75 Å². The molecule has 0 aliphatic carbocycles. The fourth-order valence-electron chi connectivity index (χ4n) is 2.88. The molecule has 0 radical (unpaired) electrons. The molecule has 3 amide bonds. The molecule has 0 aliphatic heterocycles. The van der Waals surface area contributed by atoms with Crippen LogP contribution in [-0.2, 0) is 22.7 Å². The highest BCUT2D eigenvalue weighted by Crippen LogP contribution is 2.19. The van der Waals surface area contributed by atoms with Crippen LogP contribution in [0.1, 0.15) is 48.2 Å². The number of nitrogens with one attached hydrogen (secondary N) is 1. The van der Waals surface area contributed by atoms with Gasteiger partial charge < -0.3 is 15.0 Å². The average molecular weight is 472 g/mol. The summed E-state index contributed by atoms with van der Waals surface area (Å²) in [4.78, 5) is 48.8. The van der Waals surface area contributed by atoms with E-state index in [9.17, 15) is 19.2 Å². The van der Waals surface area contributed by atoms with E-state index in [1.54, 1.807) is 36.2 Å². The Hall–Kier alpha value is -3.33. The number of amides is 3. The minimum Gasteiger partial charge on any atom is -0.426 e. The second kappa shape index (κ2) is 13.3. The summed E-state index contributed by atoms with van der Waals surface area (Å²) in [5.74, 6) is -0.625. The van der Waals surface area contributed by atoms with Gasteiger partial charge in [-0.05, 0) is 29.7 Å². The zero-order valence-electron chi connectivity index (χ0n) is 19.1. The Kier molecular flexibility index (Phi) is 10.4. The highest BCUT2D eigenvalue weighted by molar-refractivity contribution is 8.11. The first kappa shape index (κ1) is 25.9. The van der Waals surface area contributed by atoms with Gasteiger partial charge in [-0.3, -0.25) is 23.5 Å². The van der Waals surface area contributed by atoms with Crippen molar-refractivity contribution in [3.63, 3.8) is 0 Å². The standard InChI is InChI=1S/C24H29N3O5S/c1-4-5-14-27(17-28)33-24(31)26(3)16-20-12-10-19(11-13-20)15-25-23(30)21-8-6-7-9-22(21)32-18(2)29/h6-13,17H,4-5,14-16H2,1-3H3,(H,25,30). The van der Waals surface area contributed by atoms with Crippen LogP contribution in [0.5, 0.6) is 5.75 Å². The Morgan fingerprint density at radius 2 is 1.73 bits per heavy atom. The molecular formula is C24H29N3O5S. The molecule has 2 rings (SSSR count). The van der Waals surface area contributed by atoms with Gasteiger partial charge in [-0.2, -0.15) is 0 Å². The van der Waals surface area contributed by atoms with E-state index in [0.717, 1.165) is 35.9 Å². The number of carbonyl (C=O) groups is 4. The largest absolute Gasteiger partial charge is 0.426 e. The molecule has 0 unspecified atom stereocenters. The van der Waals surface area contributed by atoms with Crippen molar-refractivity contribution < 1.29 is 23.9 Å². The third-order valence-electron chi connectivity index (χ3n) is 4.64. The quantitative estimate of drug-likeness (QED) is 0.230. The Labute approximate surface area is 198 Å². The molecule has 176 valence electrons. The van der Waals surface area contributed by atoms with Crippen LogP contribution in [0.25, 0.3) is 0 Å². The summed E-state index contributed by atoms with van der Waals surface area (Å²) in [5, 5.41) is 2.61. The zero-order valence-corrected chi connectivity index (χ0v) is 19.9. The van der Waals surface area contributed by atoms with Crippen LogP contribution in [0.4, 0.5) is 4.79 Å². The molecule has 0 spiro atoms. The summed E-state index contributed by atoms with van der Waals surface area (Å²) in [7, 11) is 1.69. The Morgan fingerprint density at radius 3 is 2.36 bits per heavy atom. The summed E-state index contributed by atoms with van der Waals surface area (Å²) in [6.07, 6.45) is 2.47. The Bertz CT molecular complexity index is 965. The number of para-hydroxylation sites is 1. The molecule has 0 bridgehead atoms. The number of unbranched alkanes of at least 4 members (excludes halogenated alkanes) is 1. The van der Waals surface area contributed by atoms with Crippen LogP contribution < -0.4 is 10.1 Å². The highest BCUT2D eigenvalue weighted by Gasteiger charge is 2.16. The van der Waals surface area contributed by atoms with E-state index < -0.39 is 5.97 Å². The van der Waals surface area contributed by atoms with Gasteiger partial charge in [0, 0.05) is 33.6 Å². The van der Waals surface area contributed by atoms with Crippen molar-refractivity contribution >= 4 is 35.5 Å². The maximum absolute atomic E-state index is 12.5. The number of nitrogens with zero attached hydrogens (tertiary/aromatic N) is 2. The molecule has 0 atom stereocenters. The monoisotopic (exact) mass is 471 g/mol. The topological polar surface area (TPSA) is 96.0 Å². The van der Waals surface area contributed by atoms with Crippen LogP contribution in [0, 0.1) is 0 Å². The minimum atomic E-state index is -0.493. The second-order valence-electron chi connectivity index (χ2n) is 7.40. The van der Waals surface area contributed by atoms with Gasteiger partial charge in [0.25, 0.3) is 5.91 Å². The lowest BCUT2D eigenvalue weighted by molar-refractivity contribution is -0.131. The van der Waals surface area contributed by atoms with Crippen molar-refractivity contribution in [1.29, 1.82) is 0 Å². The van der Waals surface area contributed by atoms with Crippen LogP contribution in [-0.4, -0.2) is 46.3 Å². The second-order valence-corrected chi connectivity index (χ2v) is 8.40. The summed E-state index contributed by atoms with van der Waals surface area (Å²) in [5.41, 5.74) is 2.09. The van der Waals surface area contributed by atoms with E-state index in [4.69, 9.17) is 4.74 Å². The van der Waals surface area contributed by atoms with E-state index in [1.807, 2.05) is 31.2 Å². The van der Waals surface area contributed by atoms with Gasteiger partial charge >= 0.3 is 11.2 Å². The van der Waals surface area contributed by atoms with Gasteiger partial charge in [0.05, 0.1) is 17.5 Å². The fraction of sp³-hybridized carbons (Fsp3) is 0.333. The number of hydrogen-bond donors (Lipinski definition) is 1. The fourth-order valence-corrected chi connectivity index (χ4v) is 3.55. The SMILES string of the molecule is CCCCN(C=O)SC(=O)N(C)Cc1ccc(CNC(=O)c2ccccc2OC(C)=O)cc1. The van der Waals surface area contributed by atoms with Crippen molar-refractivity contribution in [2.75, 3.05) is 13.6 Å². The van der Waals surface area contributed by atoms with E-state index in [-0.39, 0.29) is 22.5 Å². The van der Waals surface area contributed by atoms with Gasteiger partial charge in [0.2, 0.25) is 6.41 Å². The zero-order chi connectivity index (χ0) is 24.2. The predicted octanol–water partition coefficient (Wildman–Crippen LogP) is 4.00. The average Bonchev–Trinajstić information content (AvgIpc) is 2.80. The molecule has 0 fully saturated rings.